The number of nitrogens with one attached hydrogen (secondary N) is 1. The summed E-state index contributed by atoms with van der Waals surface area (Å²) in [6, 6.07) is 4.54. The van der Waals surface area contributed by atoms with Gasteiger partial charge in [-0.2, -0.15) is 0 Å². The van der Waals surface area contributed by atoms with Crippen molar-refractivity contribution in [2.75, 3.05) is 6.54 Å². The highest BCUT2D eigenvalue weighted by Gasteiger charge is 2.05. The maximum absolute atomic E-state index is 13.0. The molecule has 1 aromatic carbocycles. The smallest absolute Gasteiger partial charge is 0.165 e. The van der Waals surface area contributed by atoms with Gasteiger partial charge >= 0.3 is 0 Å². The first kappa shape index (κ1) is 12.0. The third-order valence-corrected chi connectivity index (χ3v) is 3.06. The van der Waals surface area contributed by atoms with Crippen molar-refractivity contribution in [2.24, 2.45) is 0 Å². The first-order valence-electron chi connectivity index (χ1n) is 5.31. The molecule has 3 nitrogen and oxygen atoms in total. The first-order valence-corrected chi connectivity index (χ1v) is 6.26. The second-order valence-electron chi connectivity index (χ2n) is 3.65. The van der Waals surface area contributed by atoms with E-state index in [1.165, 1.54) is 6.07 Å². The minimum atomic E-state index is -0.580. The lowest BCUT2D eigenvalue weighted by Gasteiger charge is -2.06. The minimum absolute atomic E-state index is 0.270. The van der Waals surface area contributed by atoms with Gasteiger partial charge in [0.25, 0.3) is 0 Å². The van der Waals surface area contributed by atoms with Crippen LogP contribution in [0.5, 0.6) is 5.75 Å². The molecule has 0 aliphatic rings. The molecular weight excluding hydrogens is 239 g/mol. The van der Waals surface area contributed by atoms with Crippen molar-refractivity contribution in [3.8, 4) is 5.75 Å². The van der Waals surface area contributed by atoms with Gasteiger partial charge in [-0.15, -0.1) is 11.3 Å². The molecule has 0 aliphatic carbocycles. The molecule has 5 heteroatoms. The molecule has 0 radical (unpaired) electrons. The molecule has 90 valence electrons. The molecule has 2 aromatic rings. The van der Waals surface area contributed by atoms with Crippen LogP contribution in [0.1, 0.15) is 11.3 Å². The van der Waals surface area contributed by atoms with Crippen molar-refractivity contribution in [3.63, 3.8) is 0 Å². The zero-order valence-electron chi connectivity index (χ0n) is 9.19. The van der Waals surface area contributed by atoms with Crippen molar-refractivity contribution >= 4 is 11.3 Å². The van der Waals surface area contributed by atoms with Crippen LogP contribution in [0.25, 0.3) is 0 Å². The molecule has 0 saturated heterocycles. The second kappa shape index (κ2) is 5.75. The zero-order chi connectivity index (χ0) is 12.1. The summed E-state index contributed by atoms with van der Waals surface area (Å²) in [6.07, 6.45) is 0.833. The molecule has 0 spiro atoms. The molecule has 0 unspecified atom stereocenters. The third-order valence-electron chi connectivity index (χ3n) is 2.43. The van der Waals surface area contributed by atoms with Gasteiger partial charge in [-0.1, -0.05) is 12.1 Å². The van der Waals surface area contributed by atoms with Crippen LogP contribution in [0, 0.1) is 5.82 Å². The van der Waals surface area contributed by atoms with Crippen LogP contribution in [0.2, 0.25) is 0 Å². The van der Waals surface area contributed by atoms with E-state index in [1.54, 1.807) is 29.0 Å². The number of thiazole rings is 1. The fraction of sp³-hybridized carbons (Fsp3) is 0.250. The summed E-state index contributed by atoms with van der Waals surface area (Å²) < 4.78 is 13.0. The van der Waals surface area contributed by atoms with E-state index in [-0.39, 0.29) is 5.75 Å². The number of phenols is 1. The molecule has 0 fully saturated rings. The van der Waals surface area contributed by atoms with Gasteiger partial charge < -0.3 is 10.4 Å². The molecule has 2 N–H and O–H groups in total. The lowest BCUT2D eigenvalue weighted by molar-refractivity contribution is 0.423. The molecule has 1 aromatic heterocycles. The maximum Gasteiger partial charge on any atom is 0.165 e. The number of halogens is 1. The van der Waals surface area contributed by atoms with E-state index in [0.29, 0.717) is 12.1 Å². The molecule has 17 heavy (non-hydrogen) atoms. The van der Waals surface area contributed by atoms with Crippen LogP contribution in [0.4, 0.5) is 4.39 Å². The normalized spacial score (nSPS) is 10.6. The standard InChI is InChI=1S/C12H13FN2OS/c13-11-3-1-2-9(12(11)16)6-14-5-4-10-7-17-8-15-10/h1-3,7-8,14,16H,4-6H2. The maximum atomic E-state index is 13.0. The van der Waals surface area contributed by atoms with Gasteiger partial charge in [0, 0.05) is 30.5 Å². The summed E-state index contributed by atoms with van der Waals surface area (Å²) >= 11 is 1.57. The van der Waals surface area contributed by atoms with E-state index in [9.17, 15) is 9.50 Å². The van der Waals surface area contributed by atoms with Crippen LogP contribution in [0.15, 0.2) is 29.1 Å². The number of benzene rings is 1. The van der Waals surface area contributed by atoms with Gasteiger partial charge in [0.05, 0.1) is 11.2 Å². The first-order chi connectivity index (χ1) is 8.27. The SMILES string of the molecule is Oc1c(F)cccc1CNCCc1cscn1. The number of hydrogen-bond acceptors (Lipinski definition) is 4. The Kier molecular flexibility index (Phi) is 4.06. The highest BCUT2D eigenvalue weighted by atomic mass is 32.1. The Hall–Kier alpha value is -1.46. The molecule has 0 bridgehead atoms. The fourth-order valence-corrected chi connectivity index (χ4v) is 2.10. The van der Waals surface area contributed by atoms with Gasteiger partial charge in [0.2, 0.25) is 0 Å². The van der Waals surface area contributed by atoms with E-state index in [0.717, 1.165) is 18.7 Å². The number of para-hydroxylation sites is 1. The van der Waals surface area contributed by atoms with Crippen LogP contribution < -0.4 is 5.32 Å². The molecule has 0 saturated carbocycles. The summed E-state index contributed by atoms with van der Waals surface area (Å²) in [4.78, 5) is 4.16. The average Bonchev–Trinajstić information content (AvgIpc) is 2.83. The van der Waals surface area contributed by atoms with E-state index < -0.39 is 5.82 Å². The van der Waals surface area contributed by atoms with Crippen molar-refractivity contribution in [1.29, 1.82) is 0 Å². The van der Waals surface area contributed by atoms with Crippen molar-refractivity contribution < 1.29 is 9.50 Å². The second-order valence-corrected chi connectivity index (χ2v) is 4.37. The van der Waals surface area contributed by atoms with Crippen LogP contribution >= 0.6 is 11.3 Å². The van der Waals surface area contributed by atoms with Gasteiger partial charge in [0.15, 0.2) is 11.6 Å². The lowest BCUT2D eigenvalue weighted by atomic mass is 10.2. The van der Waals surface area contributed by atoms with E-state index in [4.69, 9.17) is 0 Å². The van der Waals surface area contributed by atoms with Crippen LogP contribution in [-0.2, 0) is 13.0 Å². The summed E-state index contributed by atoms with van der Waals surface area (Å²) in [6.45, 7) is 1.20. The van der Waals surface area contributed by atoms with Gasteiger partial charge in [-0.25, -0.2) is 9.37 Å². The summed E-state index contributed by atoms with van der Waals surface area (Å²) in [7, 11) is 0. The number of aromatic nitrogens is 1. The Bertz CT molecular complexity index is 473. The summed E-state index contributed by atoms with van der Waals surface area (Å²) in [5.74, 6) is -0.850. The Morgan fingerprint density at radius 2 is 2.29 bits per heavy atom. The average molecular weight is 252 g/mol. The summed E-state index contributed by atoms with van der Waals surface area (Å²) in [5, 5.41) is 14.6. The highest BCUT2D eigenvalue weighted by molar-refractivity contribution is 7.07. The predicted octanol–water partition coefficient (Wildman–Crippen LogP) is 2.32. The molecule has 1 heterocycles. The minimum Gasteiger partial charge on any atom is -0.505 e. The van der Waals surface area contributed by atoms with E-state index >= 15 is 0 Å². The lowest BCUT2D eigenvalue weighted by Crippen LogP contribution is -2.17. The topological polar surface area (TPSA) is 45.1 Å². The van der Waals surface area contributed by atoms with Crippen LogP contribution in [-0.4, -0.2) is 16.6 Å². The predicted molar refractivity (Wildman–Crippen MR) is 65.6 cm³/mol. The van der Waals surface area contributed by atoms with Crippen molar-refractivity contribution in [2.45, 2.75) is 13.0 Å². The van der Waals surface area contributed by atoms with Crippen molar-refractivity contribution in [3.05, 3.63) is 46.2 Å². The van der Waals surface area contributed by atoms with Crippen molar-refractivity contribution in [1.82, 2.24) is 10.3 Å². The van der Waals surface area contributed by atoms with Gasteiger partial charge in [-0.05, 0) is 6.07 Å². The number of hydrogen-bond donors (Lipinski definition) is 2. The Balaban J connectivity index is 1.80. The molecule has 0 aliphatic heterocycles. The van der Waals surface area contributed by atoms with Gasteiger partial charge in [0.1, 0.15) is 0 Å². The number of nitrogens with zero attached hydrogens (tertiary/aromatic N) is 1. The Morgan fingerprint density at radius 1 is 1.41 bits per heavy atom. The highest BCUT2D eigenvalue weighted by Crippen LogP contribution is 2.20. The van der Waals surface area contributed by atoms with E-state index in [2.05, 4.69) is 10.3 Å². The number of phenolic OH excluding ortho intramolecular Hbond substituents is 1. The molecule has 0 amide bonds. The zero-order valence-corrected chi connectivity index (χ0v) is 10.0. The Labute approximate surface area is 103 Å². The monoisotopic (exact) mass is 252 g/mol. The fourth-order valence-electron chi connectivity index (χ4n) is 1.50. The summed E-state index contributed by atoms with van der Waals surface area (Å²) in [5.41, 5.74) is 3.42. The largest absolute Gasteiger partial charge is 0.505 e. The third kappa shape index (κ3) is 3.25. The van der Waals surface area contributed by atoms with E-state index in [1.807, 2.05) is 5.38 Å². The number of aromatic hydroxyl groups is 1. The molecule has 2 rings (SSSR count). The molecular formula is C12H13FN2OS. The molecule has 0 atom stereocenters. The van der Waals surface area contributed by atoms with Gasteiger partial charge in [-0.3, -0.25) is 0 Å². The quantitative estimate of drug-likeness (QED) is 0.803. The van der Waals surface area contributed by atoms with Crippen LogP contribution in [0.3, 0.4) is 0 Å². The Morgan fingerprint density at radius 3 is 3.06 bits per heavy atom. The number of rotatable bonds is 5.